The van der Waals surface area contributed by atoms with Crippen molar-refractivity contribution in [1.82, 2.24) is 4.31 Å². The normalized spacial score (nSPS) is 21.5. The van der Waals surface area contributed by atoms with Crippen molar-refractivity contribution in [2.24, 2.45) is 0 Å². The Morgan fingerprint density at radius 2 is 1.91 bits per heavy atom. The molecule has 1 atom stereocenters. The van der Waals surface area contributed by atoms with E-state index in [9.17, 15) is 8.42 Å². The highest BCUT2D eigenvalue weighted by atomic mass is 32.2. The molecule has 1 aliphatic rings. The van der Waals surface area contributed by atoms with E-state index in [2.05, 4.69) is 0 Å². The van der Waals surface area contributed by atoms with E-state index in [1.165, 1.54) is 4.31 Å². The minimum absolute atomic E-state index is 0.0195. The molecule has 6 nitrogen and oxygen atoms in total. The van der Waals surface area contributed by atoms with Gasteiger partial charge >= 0.3 is 0 Å². The van der Waals surface area contributed by atoms with Gasteiger partial charge in [0.1, 0.15) is 0 Å². The molecule has 0 spiro atoms. The van der Waals surface area contributed by atoms with E-state index in [0.717, 1.165) is 5.56 Å². The van der Waals surface area contributed by atoms with Crippen LogP contribution in [0.15, 0.2) is 18.2 Å². The average Bonchev–Trinajstić information content (AvgIpc) is 2.53. The quantitative estimate of drug-likeness (QED) is 0.787. The van der Waals surface area contributed by atoms with Gasteiger partial charge in [0.25, 0.3) is 0 Å². The van der Waals surface area contributed by atoms with Crippen LogP contribution < -0.4 is 9.47 Å². The van der Waals surface area contributed by atoms with Gasteiger partial charge in [-0.3, -0.25) is 0 Å². The van der Waals surface area contributed by atoms with Crippen LogP contribution in [0.5, 0.6) is 11.5 Å². The van der Waals surface area contributed by atoms with Gasteiger partial charge in [-0.25, -0.2) is 8.42 Å². The lowest BCUT2D eigenvalue weighted by Gasteiger charge is -2.31. The lowest BCUT2D eigenvalue weighted by molar-refractivity contribution is 0.0755. The minimum Gasteiger partial charge on any atom is -0.493 e. The van der Waals surface area contributed by atoms with Crippen LogP contribution in [0.25, 0.3) is 0 Å². The molecule has 7 heteroatoms. The second-order valence-corrected chi connectivity index (χ2v) is 7.35. The maximum Gasteiger partial charge on any atom is 0.214 e. The van der Waals surface area contributed by atoms with Gasteiger partial charge in [0.2, 0.25) is 10.0 Å². The Morgan fingerprint density at radius 3 is 2.55 bits per heavy atom. The van der Waals surface area contributed by atoms with E-state index in [0.29, 0.717) is 37.4 Å². The van der Waals surface area contributed by atoms with Crippen LogP contribution in [0.1, 0.15) is 12.0 Å². The summed E-state index contributed by atoms with van der Waals surface area (Å²) in [5.74, 6) is 1.46. The zero-order valence-electron chi connectivity index (χ0n) is 13.2. The highest BCUT2D eigenvalue weighted by molar-refractivity contribution is 7.89. The summed E-state index contributed by atoms with van der Waals surface area (Å²) in [6.07, 6.45) is 1.16. The number of ether oxygens (including phenoxy) is 3. The smallest absolute Gasteiger partial charge is 0.214 e. The van der Waals surface area contributed by atoms with Crippen LogP contribution in [-0.4, -0.2) is 59.0 Å². The van der Waals surface area contributed by atoms with Crippen molar-refractivity contribution in [2.75, 3.05) is 40.2 Å². The van der Waals surface area contributed by atoms with E-state index in [4.69, 9.17) is 14.2 Å². The molecule has 1 saturated heterocycles. The average molecular weight is 329 g/mol. The van der Waals surface area contributed by atoms with Gasteiger partial charge in [-0.2, -0.15) is 4.31 Å². The number of nitrogens with zero attached hydrogens (tertiary/aromatic N) is 1. The van der Waals surface area contributed by atoms with Crippen LogP contribution in [0.2, 0.25) is 0 Å². The first-order valence-electron chi connectivity index (χ1n) is 7.21. The molecule has 0 amide bonds. The Labute approximate surface area is 132 Å². The number of methoxy groups -OCH3 is 3. The summed E-state index contributed by atoms with van der Waals surface area (Å²) in [5.41, 5.74) is 1.01. The van der Waals surface area contributed by atoms with Gasteiger partial charge in [0.05, 0.1) is 26.1 Å². The summed E-state index contributed by atoms with van der Waals surface area (Å²) in [7, 11) is 1.62. The monoisotopic (exact) mass is 329 g/mol. The minimum atomic E-state index is -3.17. The molecule has 2 rings (SSSR count). The summed E-state index contributed by atoms with van der Waals surface area (Å²) in [6.45, 7) is 0.865. The Bertz CT molecular complexity index is 602. The number of sulfonamides is 1. The van der Waals surface area contributed by atoms with Crippen LogP contribution in [0.4, 0.5) is 0 Å². The summed E-state index contributed by atoms with van der Waals surface area (Å²) in [6, 6.07) is 5.63. The van der Waals surface area contributed by atoms with E-state index in [1.807, 2.05) is 18.2 Å². The fourth-order valence-electron chi connectivity index (χ4n) is 2.55. The van der Waals surface area contributed by atoms with Crippen molar-refractivity contribution in [3.8, 4) is 11.5 Å². The second kappa shape index (κ2) is 7.30. The molecule has 0 aliphatic carbocycles. The van der Waals surface area contributed by atoms with Gasteiger partial charge in [-0.05, 0) is 30.5 Å². The zero-order valence-corrected chi connectivity index (χ0v) is 14.1. The summed E-state index contributed by atoms with van der Waals surface area (Å²) >= 11 is 0. The molecule has 22 heavy (non-hydrogen) atoms. The summed E-state index contributed by atoms with van der Waals surface area (Å²) in [4.78, 5) is 0. The van der Waals surface area contributed by atoms with Crippen molar-refractivity contribution >= 4 is 10.0 Å². The third kappa shape index (κ3) is 3.91. The Balaban J connectivity index is 2.05. The molecule has 1 unspecified atom stereocenters. The largest absolute Gasteiger partial charge is 0.493 e. The molecule has 0 aromatic heterocycles. The number of hydrogen-bond acceptors (Lipinski definition) is 5. The fourth-order valence-corrected chi connectivity index (χ4v) is 4.14. The van der Waals surface area contributed by atoms with Crippen molar-refractivity contribution < 1.29 is 22.6 Å². The van der Waals surface area contributed by atoms with Crippen molar-refractivity contribution in [1.29, 1.82) is 0 Å². The molecule has 0 N–H and O–H groups in total. The molecule has 1 aliphatic heterocycles. The molecule has 124 valence electrons. The molecule has 1 heterocycles. The molecule has 0 radical (unpaired) electrons. The molecule has 1 aromatic carbocycles. The maximum atomic E-state index is 12.1. The third-order valence-corrected chi connectivity index (χ3v) is 5.80. The SMILES string of the molecule is COc1ccc(CCN2CC(OC)CCS2(=O)=O)cc1OC. The fraction of sp³-hybridized carbons (Fsp3) is 0.600. The Kier molecular flexibility index (Phi) is 5.66. The van der Waals surface area contributed by atoms with Gasteiger partial charge in [0, 0.05) is 20.2 Å². The number of hydrogen-bond donors (Lipinski definition) is 0. The summed E-state index contributed by atoms with van der Waals surface area (Å²) in [5, 5.41) is 0. The van der Waals surface area contributed by atoms with Gasteiger partial charge in [0.15, 0.2) is 11.5 Å². The lowest BCUT2D eigenvalue weighted by atomic mass is 10.1. The molecule has 0 saturated carbocycles. The van der Waals surface area contributed by atoms with Gasteiger partial charge in [-0.15, -0.1) is 0 Å². The van der Waals surface area contributed by atoms with Crippen LogP contribution in [-0.2, 0) is 21.2 Å². The van der Waals surface area contributed by atoms with E-state index in [-0.39, 0.29) is 11.9 Å². The summed E-state index contributed by atoms with van der Waals surface area (Å²) < 4.78 is 41.5. The van der Waals surface area contributed by atoms with Gasteiger partial charge < -0.3 is 14.2 Å². The van der Waals surface area contributed by atoms with Crippen LogP contribution in [0.3, 0.4) is 0 Å². The van der Waals surface area contributed by atoms with Crippen molar-refractivity contribution in [2.45, 2.75) is 18.9 Å². The first kappa shape index (κ1) is 17.1. The molecular formula is C15H23NO5S. The Hall–Kier alpha value is -1.31. The highest BCUT2D eigenvalue weighted by Gasteiger charge is 2.31. The molecular weight excluding hydrogens is 306 g/mol. The van der Waals surface area contributed by atoms with Gasteiger partial charge in [-0.1, -0.05) is 6.07 Å². The Morgan fingerprint density at radius 1 is 1.18 bits per heavy atom. The predicted octanol–water partition coefficient (Wildman–Crippen LogP) is 1.30. The van der Waals surface area contributed by atoms with Crippen molar-refractivity contribution in [3.05, 3.63) is 23.8 Å². The molecule has 0 bridgehead atoms. The lowest BCUT2D eigenvalue weighted by Crippen LogP contribution is -2.46. The number of benzene rings is 1. The zero-order chi connectivity index (χ0) is 16.2. The predicted molar refractivity (Wildman–Crippen MR) is 84.0 cm³/mol. The number of rotatable bonds is 6. The topological polar surface area (TPSA) is 65.1 Å². The van der Waals surface area contributed by atoms with Crippen LogP contribution in [0, 0.1) is 0 Å². The standard InChI is InChI=1S/C15H23NO5S/c1-19-13-7-9-22(17,18)16(11-13)8-6-12-4-5-14(20-2)15(10-12)21-3/h4-5,10,13H,6-9,11H2,1-3H3. The molecule has 1 fully saturated rings. The third-order valence-electron chi connectivity index (χ3n) is 3.93. The van der Waals surface area contributed by atoms with E-state index < -0.39 is 10.0 Å². The highest BCUT2D eigenvalue weighted by Crippen LogP contribution is 2.28. The van der Waals surface area contributed by atoms with Crippen LogP contribution >= 0.6 is 0 Å². The maximum absolute atomic E-state index is 12.1. The van der Waals surface area contributed by atoms with E-state index >= 15 is 0 Å². The second-order valence-electron chi connectivity index (χ2n) is 5.26. The first-order valence-corrected chi connectivity index (χ1v) is 8.82. The first-order chi connectivity index (χ1) is 10.5. The van der Waals surface area contributed by atoms with E-state index in [1.54, 1.807) is 21.3 Å². The van der Waals surface area contributed by atoms with Crippen molar-refractivity contribution in [3.63, 3.8) is 0 Å². The molecule has 1 aromatic rings.